The van der Waals surface area contributed by atoms with E-state index >= 15 is 0 Å². The van der Waals surface area contributed by atoms with Gasteiger partial charge in [-0.1, -0.05) is 38.8 Å². The minimum absolute atomic E-state index is 0.0484. The van der Waals surface area contributed by atoms with Gasteiger partial charge in [0.05, 0.1) is 30.9 Å². The second kappa shape index (κ2) is 9.34. The van der Waals surface area contributed by atoms with Crippen molar-refractivity contribution in [2.45, 2.75) is 70.1 Å². The number of rotatable bonds is 8. The highest BCUT2D eigenvalue weighted by molar-refractivity contribution is 5.89. The van der Waals surface area contributed by atoms with E-state index in [1.165, 1.54) is 17.2 Å². The van der Waals surface area contributed by atoms with Gasteiger partial charge in [-0.15, -0.1) is 0 Å². The first-order valence-corrected chi connectivity index (χ1v) is 11.2. The summed E-state index contributed by atoms with van der Waals surface area (Å²) in [7, 11) is 0. The quantitative estimate of drug-likeness (QED) is 0.653. The van der Waals surface area contributed by atoms with Gasteiger partial charge in [0.2, 0.25) is 11.8 Å². The molecule has 172 valence electrons. The average molecular weight is 446 g/mol. The molecule has 1 aliphatic carbocycles. The molecule has 9 heteroatoms. The van der Waals surface area contributed by atoms with Gasteiger partial charge in [0, 0.05) is 6.42 Å². The summed E-state index contributed by atoms with van der Waals surface area (Å²) in [5, 5.41) is 13.0. The normalized spacial score (nSPS) is 21.7. The fraction of sp³-hybridized carbons (Fsp3) is 0.565. The van der Waals surface area contributed by atoms with Crippen LogP contribution in [0.1, 0.15) is 68.3 Å². The molecule has 2 amide bonds. The third kappa shape index (κ3) is 5.14. The number of nitrogens with one attached hydrogen (secondary N) is 2. The molecule has 32 heavy (non-hydrogen) atoms. The number of amides is 2. The van der Waals surface area contributed by atoms with Gasteiger partial charge in [-0.2, -0.15) is 15.4 Å². The molecular formula is C23H29F2N5O2. The van der Waals surface area contributed by atoms with Gasteiger partial charge >= 0.3 is 0 Å². The van der Waals surface area contributed by atoms with Gasteiger partial charge in [-0.05, 0) is 35.4 Å². The van der Waals surface area contributed by atoms with Gasteiger partial charge in [-0.25, -0.2) is 8.78 Å². The lowest BCUT2D eigenvalue weighted by molar-refractivity contribution is -0.138. The lowest BCUT2D eigenvalue weighted by Crippen LogP contribution is -2.47. The summed E-state index contributed by atoms with van der Waals surface area (Å²) in [6.45, 7) is 3.74. The second-order valence-electron chi connectivity index (χ2n) is 9.21. The number of carbonyl (C=O) groups excluding carboxylic acids is 2. The van der Waals surface area contributed by atoms with Crippen LogP contribution in [-0.2, 0) is 16.0 Å². The molecule has 0 spiro atoms. The van der Waals surface area contributed by atoms with Crippen LogP contribution in [0.3, 0.4) is 0 Å². The third-order valence-electron chi connectivity index (χ3n) is 6.30. The smallest absolute Gasteiger partial charge is 0.243 e. The van der Waals surface area contributed by atoms with Gasteiger partial charge in [-0.3, -0.25) is 9.59 Å². The molecule has 2 N–H and O–H groups in total. The molecule has 1 aromatic carbocycles. The van der Waals surface area contributed by atoms with E-state index in [2.05, 4.69) is 20.7 Å². The number of aromatic nitrogens is 3. The van der Waals surface area contributed by atoms with Gasteiger partial charge < -0.3 is 10.2 Å². The minimum atomic E-state index is -1.27. The van der Waals surface area contributed by atoms with Crippen LogP contribution in [-0.4, -0.2) is 50.9 Å². The molecule has 2 heterocycles. The van der Waals surface area contributed by atoms with Crippen molar-refractivity contribution < 1.29 is 18.4 Å². The number of H-pyrrole nitrogens is 1. The minimum Gasteiger partial charge on any atom is -0.347 e. The third-order valence-corrected chi connectivity index (χ3v) is 6.30. The van der Waals surface area contributed by atoms with Crippen LogP contribution in [0.5, 0.6) is 0 Å². The summed E-state index contributed by atoms with van der Waals surface area (Å²) in [5.74, 6) is -0.523. The van der Waals surface area contributed by atoms with Crippen molar-refractivity contribution in [3.63, 3.8) is 0 Å². The first-order valence-electron chi connectivity index (χ1n) is 11.2. The van der Waals surface area contributed by atoms with Crippen LogP contribution in [0, 0.1) is 11.7 Å². The average Bonchev–Trinajstić information content (AvgIpc) is 3.24. The van der Waals surface area contributed by atoms with E-state index in [-0.39, 0.29) is 43.1 Å². The van der Waals surface area contributed by atoms with Gasteiger partial charge in [0.25, 0.3) is 0 Å². The Labute approximate surface area is 186 Å². The highest BCUT2D eigenvalue weighted by Gasteiger charge is 2.41. The van der Waals surface area contributed by atoms with E-state index < -0.39 is 18.1 Å². The maximum Gasteiger partial charge on any atom is 0.243 e. The number of hydrogen-bond donors (Lipinski definition) is 2. The summed E-state index contributed by atoms with van der Waals surface area (Å²) in [6.07, 6.45) is 2.92. The van der Waals surface area contributed by atoms with Crippen molar-refractivity contribution in [2.75, 3.05) is 6.54 Å². The fourth-order valence-electron chi connectivity index (χ4n) is 4.34. The van der Waals surface area contributed by atoms with E-state index in [1.807, 2.05) is 19.9 Å². The Kier molecular flexibility index (Phi) is 6.53. The van der Waals surface area contributed by atoms with E-state index in [4.69, 9.17) is 0 Å². The van der Waals surface area contributed by atoms with E-state index in [0.29, 0.717) is 29.2 Å². The van der Waals surface area contributed by atoms with E-state index in [9.17, 15) is 18.4 Å². The highest BCUT2D eigenvalue weighted by Crippen LogP contribution is 2.38. The lowest BCUT2D eigenvalue weighted by atomic mass is 9.95. The molecule has 1 saturated heterocycles. The Morgan fingerprint density at radius 1 is 1.31 bits per heavy atom. The summed E-state index contributed by atoms with van der Waals surface area (Å²) in [6, 6.07) is 3.83. The number of benzene rings is 1. The molecule has 1 aromatic heterocycles. The molecule has 2 fully saturated rings. The zero-order valence-corrected chi connectivity index (χ0v) is 18.4. The first-order chi connectivity index (χ1) is 15.3. The molecule has 3 atom stereocenters. The molecule has 1 saturated carbocycles. The lowest BCUT2D eigenvalue weighted by Gasteiger charge is -2.27. The predicted octanol–water partition coefficient (Wildman–Crippen LogP) is 3.21. The number of likely N-dealkylation sites (tertiary alicyclic amines) is 1. The van der Waals surface area contributed by atoms with Crippen molar-refractivity contribution in [1.82, 2.24) is 25.6 Å². The van der Waals surface area contributed by atoms with Crippen LogP contribution < -0.4 is 5.32 Å². The SMILES string of the molecule is CC(C)c1ccc([C@H](CC2CC2)NC(=O)[C@@H]2C[C@@H](F)CN2C(=O)Cc2cn[nH]n2)cc1F. The van der Waals surface area contributed by atoms with Crippen LogP contribution in [0.25, 0.3) is 0 Å². The molecule has 0 unspecified atom stereocenters. The molecule has 1 aliphatic heterocycles. The number of nitrogens with zero attached hydrogens (tertiary/aromatic N) is 3. The van der Waals surface area contributed by atoms with Crippen molar-refractivity contribution in [1.29, 1.82) is 0 Å². The summed E-state index contributed by atoms with van der Waals surface area (Å²) in [4.78, 5) is 27.1. The Morgan fingerprint density at radius 3 is 2.72 bits per heavy atom. The van der Waals surface area contributed by atoms with Gasteiger partial charge in [0.1, 0.15) is 18.0 Å². The van der Waals surface area contributed by atoms with E-state index in [0.717, 1.165) is 12.8 Å². The Morgan fingerprint density at radius 2 is 2.09 bits per heavy atom. The molecule has 4 rings (SSSR count). The van der Waals surface area contributed by atoms with Gasteiger partial charge in [0.15, 0.2) is 0 Å². The highest BCUT2D eigenvalue weighted by atomic mass is 19.1. The van der Waals surface area contributed by atoms with E-state index in [1.54, 1.807) is 6.07 Å². The predicted molar refractivity (Wildman–Crippen MR) is 114 cm³/mol. The Hall–Kier alpha value is -2.84. The van der Waals surface area contributed by atoms with Crippen molar-refractivity contribution in [3.05, 3.63) is 47.0 Å². The number of halogens is 2. The van der Waals surface area contributed by atoms with Crippen LogP contribution in [0.15, 0.2) is 24.4 Å². The Bertz CT molecular complexity index is 961. The summed E-state index contributed by atoms with van der Waals surface area (Å²) >= 11 is 0. The summed E-state index contributed by atoms with van der Waals surface area (Å²) in [5.41, 5.74) is 1.76. The summed E-state index contributed by atoms with van der Waals surface area (Å²) < 4.78 is 28.8. The first kappa shape index (κ1) is 22.4. The zero-order chi connectivity index (χ0) is 22.8. The van der Waals surface area contributed by atoms with Crippen LogP contribution in [0.4, 0.5) is 8.78 Å². The molecule has 0 radical (unpaired) electrons. The number of hydrogen-bond acceptors (Lipinski definition) is 4. The van der Waals surface area contributed by atoms with Crippen LogP contribution in [0.2, 0.25) is 0 Å². The number of alkyl halides is 1. The van der Waals surface area contributed by atoms with Crippen molar-refractivity contribution in [2.24, 2.45) is 5.92 Å². The Balaban J connectivity index is 1.49. The number of carbonyl (C=O) groups is 2. The topological polar surface area (TPSA) is 91.0 Å². The molecule has 0 bridgehead atoms. The maximum absolute atomic E-state index is 14.6. The van der Waals surface area contributed by atoms with Crippen molar-refractivity contribution >= 4 is 11.8 Å². The zero-order valence-electron chi connectivity index (χ0n) is 18.4. The fourth-order valence-corrected chi connectivity index (χ4v) is 4.34. The standard InChI is InChI=1S/C23H29F2N5O2/c1-13(2)18-6-5-15(8-19(18)25)20(7-14-3-4-14)27-23(32)21-9-16(24)12-30(21)22(31)10-17-11-26-29-28-17/h5-6,8,11,13-14,16,20-21H,3-4,7,9-10,12H2,1-2H3,(H,27,32)(H,26,28,29)/t16-,20+,21+/m1/s1. The molecular weight excluding hydrogens is 416 g/mol. The largest absolute Gasteiger partial charge is 0.347 e. The molecule has 2 aliphatic rings. The maximum atomic E-state index is 14.6. The number of aromatic amines is 1. The second-order valence-corrected chi connectivity index (χ2v) is 9.21. The van der Waals surface area contributed by atoms with Crippen molar-refractivity contribution in [3.8, 4) is 0 Å². The molecule has 2 aromatic rings. The monoisotopic (exact) mass is 445 g/mol. The molecule has 7 nitrogen and oxygen atoms in total. The van der Waals surface area contributed by atoms with Crippen LogP contribution >= 0.6 is 0 Å².